The Morgan fingerprint density at radius 2 is 2.04 bits per heavy atom. The van der Waals surface area contributed by atoms with Crippen molar-refractivity contribution >= 4 is 23.2 Å². The van der Waals surface area contributed by atoms with Crippen LogP contribution in [0.25, 0.3) is 0 Å². The molecule has 1 saturated heterocycles. The Bertz CT molecular complexity index is 545. The minimum absolute atomic E-state index is 0.136. The molecule has 0 bridgehead atoms. The summed E-state index contributed by atoms with van der Waals surface area (Å²) >= 11 is 5.25. The first-order chi connectivity index (χ1) is 11.7. The number of carbonyl (C=O) groups excluding carboxylic acids is 1. The third-order valence-corrected chi connectivity index (χ3v) is 4.37. The van der Waals surface area contributed by atoms with Crippen molar-refractivity contribution in [2.45, 2.75) is 32.2 Å². The summed E-state index contributed by atoms with van der Waals surface area (Å²) in [6.45, 7) is 3.86. The molecule has 0 radical (unpaired) electrons. The molecule has 132 valence electrons. The number of thiocarbonyl (C=S) groups is 1. The number of amides is 1. The summed E-state index contributed by atoms with van der Waals surface area (Å²) in [5, 5.41) is 6.94. The van der Waals surface area contributed by atoms with Gasteiger partial charge < -0.3 is 20.3 Å². The van der Waals surface area contributed by atoms with Gasteiger partial charge in [-0.05, 0) is 55.6 Å². The number of rotatable bonds is 7. The topological polar surface area (TPSA) is 53.6 Å². The van der Waals surface area contributed by atoms with E-state index in [9.17, 15) is 4.79 Å². The number of nitrogens with one attached hydrogen (secondary N) is 2. The molecule has 0 atom stereocenters. The van der Waals surface area contributed by atoms with E-state index in [1.165, 1.54) is 6.42 Å². The lowest BCUT2D eigenvalue weighted by atomic mass is 10.1. The molecule has 1 fully saturated rings. The first kappa shape index (κ1) is 18.7. The number of hydrogen-bond donors (Lipinski definition) is 2. The molecule has 1 heterocycles. The summed E-state index contributed by atoms with van der Waals surface area (Å²) in [7, 11) is 1.69. The Balaban J connectivity index is 1.81. The van der Waals surface area contributed by atoms with Gasteiger partial charge in [-0.1, -0.05) is 12.1 Å². The van der Waals surface area contributed by atoms with Crippen molar-refractivity contribution in [1.29, 1.82) is 0 Å². The highest BCUT2D eigenvalue weighted by Gasteiger charge is 2.18. The average molecular weight is 350 g/mol. The molecular formula is C18H27N3O2S. The smallest absolute Gasteiger partial charge is 0.253 e. The number of piperidine rings is 1. The maximum atomic E-state index is 12.5. The van der Waals surface area contributed by atoms with Crippen LogP contribution in [0.15, 0.2) is 24.3 Å². The molecule has 1 aromatic carbocycles. The van der Waals surface area contributed by atoms with Crippen molar-refractivity contribution in [3.63, 3.8) is 0 Å². The highest BCUT2D eigenvalue weighted by atomic mass is 32.1. The van der Waals surface area contributed by atoms with Crippen molar-refractivity contribution in [2.75, 3.05) is 33.4 Å². The highest BCUT2D eigenvalue weighted by Crippen LogP contribution is 2.14. The fourth-order valence-electron chi connectivity index (χ4n) is 2.76. The average Bonchev–Trinajstić information content (AvgIpc) is 2.64. The van der Waals surface area contributed by atoms with Gasteiger partial charge in [0.05, 0.1) is 0 Å². The molecule has 1 aromatic rings. The van der Waals surface area contributed by atoms with Gasteiger partial charge in [0.25, 0.3) is 5.91 Å². The lowest BCUT2D eigenvalue weighted by Crippen LogP contribution is -2.36. The Morgan fingerprint density at radius 1 is 1.25 bits per heavy atom. The minimum atomic E-state index is 0.136. The molecular weight excluding hydrogens is 322 g/mol. The fraction of sp³-hybridized carbons (Fsp3) is 0.556. The second-order valence-corrected chi connectivity index (χ2v) is 6.42. The molecule has 1 amide bonds. The lowest BCUT2D eigenvalue weighted by Gasteiger charge is -2.26. The fourth-order valence-corrected chi connectivity index (χ4v) is 2.93. The Labute approximate surface area is 149 Å². The predicted octanol–water partition coefficient (Wildman–Crippen LogP) is 2.31. The number of methoxy groups -OCH3 is 1. The van der Waals surface area contributed by atoms with Crippen molar-refractivity contribution in [1.82, 2.24) is 15.5 Å². The summed E-state index contributed by atoms with van der Waals surface area (Å²) < 4.78 is 5.00. The number of benzene rings is 1. The van der Waals surface area contributed by atoms with E-state index in [4.69, 9.17) is 17.0 Å². The number of hydrogen-bond acceptors (Lipinski definition) is 3. The molecule has 1 aliphatic rings. The Morgan fingerprint density at radius 3 is 2.79 bits per heavy atom. The molecule has 5 nitrogen and oxygen atoms in total. The third kappa shape index (κ3) is 6.09. The van der Waals surface area contributed by atoms with Crippen LogP contribution in [-0.4, -0.2) is 49.3 Å². The van der Waals surface area contributed by atoms with Gasteiger partial charge in [-0.15, -0.1) is 0 Å². The van der Waals surface area contributed by atoms with Crippen LogP contribution in [0.3, 0.4) is 0 Å². The van der Waals surface area contributed by atoms with Crippen LogP contribution in [0.2, 0.25) is 0 Å². The van der Waals surface area contributed by atoms with Crippen LogP contribution < -0.4 is 10.6 Å². The second kappa shape index (κ2) is 10.3. The summed E-state index contributed by atoms with van der Waals surface area (Å²) in [5.41, 5.74) is 1.81. The molecule has 0 aromatic heterocycles. The van der Waals surface area contributed by atoms with E-state index in [2.05, 4.69) is 10.6 Å². The highest BCUT2D eigenvalue weighted by molar-refractivity contribution is 7.80. The number of likely N-dealkylation sites (tertiary alicyclic amines) is 1. The minimum Gasteiger partial charge on any atom is -0.385 e. The van der Waals surface area contributed by atoms with E-state index in [0.717, 1.165) is 56.6 Å². The van der Waals surface area contributed by atoms with Gasteiger partial charge in [-0.25, -0.2) is 0 Å². The number of carbonyl (C=O) groups is 1. The molecule has 24 heavy (non-hydrogen) atoms. The maximum absolute atomic E-state index is 12.5. The van der Waals surface area contributed by atoms with E-state index in [-0.39, 0.29) is 5.91 Å². The molecule has 6 heteroatoms. The van der Waals surface area contributed by atoms with Crippen molar-refractivity contribution in [3.8, 4) is 0 Å². The van der Waals surface area contributed by atoms with E-state index in [0.29, 0.717) is 11.7 Å². The Hall–Kier alpha value is -1.66. The van der Waals surface area contributed by atoms with E-state index in [1.807, 2.05) is 29.2 Å². The van der Waals surface area contributed by atoms with Gasteiger partial charge in [0.15, 0.2) is 5.11 Å². The third-order valence-electron chi connectivity index (χ3n) is 4.08. The summed E-state index contributed by atoms with van der Waals surface area (Å²) in [4.78, 5) is 14.5. The van der Waals surface area contributed by atoms with Gasteiger partial charge in [0.2, 0.25) is 0 Å². The summed E-state index contributed by atoms with van der Waals surface area (Å²) in [6, 6.07) is 7.79. The van der Waals surface area contributed by atoms with E-state index < -0.39 is 0 Å². The van der Waals surface area contributed by atoms with Crippen LogP contribution in [-0.2, 0) is 11.3 Å². The van der Waals surface area contributed by atoms with Crippen LogP contribution in [0.1, 0.15) is 41.6 Å². The van der Waals surface area contributed by atoms with E-state index in [1.54, 1.807) is 7.11 Å². The van der Waals surface area contributed by atoms with Crippen molar-refractivity contribution in [2.24, 2.45) is 0 Å². The first-order valence-corrected chi connectivity index (χ1v) is 9.00. The van der Waals surface area contributed by atoms with Crippen LogP contribution in [0.5, 0.6) is 0 Å². The lowest BCUT2D eigenvalue weighted by molar-refractivity contribution is 0.0724. The van der Waals surface area contributed by atoms with Crippen molar-refractivity contribution < 1.29 is 9.53 Å². The second-order valence-electron chi connectivity index (χ2n) is 6.01. The normalized spacial score (nSPS) is 14.3. The van der Waals surface area contributed by atoms with Crippen LogP contribution >= 0.6 is 12.2 Å². The summed E-state index contributed by atoms with van der Waals surface area (Å²) in [5.74, 6) is 0.136. The van der Waals surface area contributed by atoms with Gasteiger partial charge in [-0.3, -0.25) is 4.79 Å². The van der Waals surface area contributed by atoms with Crippen molar-refractivity contribution in [3.05, 3.63) is 35.4 Å². The monoisotopic (exact) mass is 349 g/mol. The zero-order valence-corrected chi connectivity index (χ0v) is 15.2. The standard InChI is InChI=1S/C18H27N3O2S/c1-23-12-6-9-19-18(24)20-14-15-7-5-8-16(13-15)17(22)21-10-3-2-4-11-21/h5,7-8,13H,2-4,6,9-12,14H2,1H3,(H2,19,20,24). The molecule has 0 unspecified atom stereocenters. The molecule has 0 saturated carbocycles. The first-order valence-electron chi connectivity index (χ1n) is 8.59. The quantitative estimate of drug-likeness (QED) is 0.584. The maximum Gasteiger partial charge on any atom is 0.253 e. The van der Waals surface area contributed by atoms with Gasteiger partial charge >= 0.3 is 0 Å². The van der Waals surface area contributed by atoms with Gasteiger partial charge in [-0.2, -0.15) is 0 Å². The molecule has 2 N–H and O–H groups in total. The number of nitrogens with zero attached hydrogens (tertiary/aromatic N) is 1. The summed E-state index contributed by atoms with van der Waals surface area (Å²) in [6.07, 6.45) is 4.35. The largest absolute Gasteiger partial charge is 0.385 e. The van der Waals surface area contributed by atoms with Gasteiger partial charge in [0, 0.05) is 45.5 Å². The molecule has 0 aliphatic carbocycles. The van der Waals surface area contributed by atoms with E-state index >= 15 is 0 Å². The predicted molar refractivity (Wildman–Crippen MR) is 100 cm³/mol. The zero-order chi connectivity index (χ0) is 17.2. The molecule has 0 spiro atoms. The zero-order valence-electron chi connectivity index (χ0n) is 14.3. The van der Waals surface area contributed by atoms with Gasteiger partial charge in [0.1, 0.15) is 0 Å². The van der Waals surface area contributed by atoms with Crippen LogP contribution in [0.4, 0.5) is 0 Å². The molecule has 1 aliphatic heterocycles. The molecule has 2 rings (SSSR count). The van der Waals surface area contributed by atoms with Crippen LogP contribution in [0, 0.1) is 0 Å². The Kier molecular flexibility index (Phi) is 7.98. The number of ether oxygens (including phenoxy) is 1. The SMILES string of the molecule is COCCCNC(=S)NCc1cccc(C(=O)N2CCCCC2)c1.